The number of carbonyl (C=O) groups excluding carboxylic acids is 1. The maximum Gasteiger partial charge on any atom is 0.271 e. The summed E-state index contributed by atoms with van der Waals surface area (Å²) in [5.41, 5.74) is 7.07. The molecule has 1 fully saturated rings. The van der Waals surface area contributed by atoms with Crippen LogP contribution in [-0.2, 0) is 30.7 Å². The summed E-state index contributed by atoms with van der Waals surface area (Å²) in [4.78, 5) is 21.1. The maximum absolute atomic E-state index is 13.9. The summed E-state index contributed by atoms with van der Waals surface area (Å²) in [6, 6.07) is 28.6. The molecule has 0 atom stereocenters. The predicted molar refractivity (Wildman–Crippen MR) is 193 cm³/mol. The van der Waals surface area contributed by atoms with Crippen molar-refractivity contribution >= 4 is 78.8 Å². The number of benzene rings is 4. The standard InChI is InChI=1S/C36H32BrIN2O2S/c1-4-7-28-20-27(21-32(37)34(28)42-23-26-8-14-29(38)15-9-26)22-33-35(41)40(31-18-12-25(6-3)13-19-31)36(43-33)39-30-16-10-24(5-2)11-17-30/h4,8-22H,1,5-7,23H2,2-3H3/b33-22-,39-36?. The number of amides is 1. The first-order chi connectivity index (χ1) is 20.9. The second-order valence-corrected chi connectivity index (χ2v) is 13.2. The number of ether oxygens (including phenoxy) is 1. The number of amidine groups is 1. The smallest absolute Gasteiger partial charge is 0.271 e. The Hall–Kier alpha value is -3.14. The number of halogens is 2. The molecule has 4 aromatic carbocycles. The number of carbonyl (C=O) groups is 1. The normalized spacial score (nSPS) is 15.0. The van der Waals surface area contributed by atoms with Gasteiger partial charge in [0.25, 0.3) is 5.91 Å². The molecule has 0 radical (unpaired) electrons. The molecular formula is C36H32BrIN2O2S. The summed E-state index contributed by atoms with van der Waals surface area (Å²) < 4.78 is 8.28. The molecule has 1 amide bonds. The van der Waals surface area contributed by atoms with Crippen molar-refractivity contribution in [1.29, 1.82) is 0 Å². The summed E-state index contributed by atoms with van der Waals surface area (Å²) in [7, 11) is 0. The molecule has 1 aliphatic heterocycles. The Bertz CT molecular complexity index is 1680. The SMILES string of the molecule is C=CCc1cc(/C=C2\SC(=Nc3ccc(CC)cc3)N(c3ccc(CC)cc3)C2=O)cc(Br)c1OCc1ccc(I)cc1. The van der Waals surface area contributed by atoms with Gasteiger partial charge in [-0.05, 0) is 152 Å². The molecule has 0 unspecified atom stereocenters. The first kappa shape index (κ1) is 31.3. The molecule has 4 nitrogen and oxygen atoms in total. The van der Waals surface area contributed by atoms with Gasteiger partial charge in [-0.25, -0.2) is 4.99 Å². The van der Waals surface area contributed by atoms with Crippen LogP contribution in [-0.4, -0.2) is 11.1 Å². The van der Waals surface area contributed by atoms with Crippen molar-refractivity contribution < 1.29 is 9.53 Å². The van der Waals surface area contributed by atoms with E-state index in [-0.39, 0.29) is 5.91 Å². The van der Waals surface area contributed by atoms with E-state index in [0.717, 1.165) is 51.1 Å². The highest BCUT2D eigenvalue weighted by atomic mass is 127. The van der Waals surface area contributed by atoms with E-state index in [4.69, 9.17) is 9.73 Å². The van der Waals surface area contributed by atoms with E-state index in [9.17, 15) is 4.79 Å². The number of thioether (sulfide) groups is 1. The molecule has 218 valence electrons. The van der Waals surface area contributed by atoms with Crippen LogP contribution in [0.4, 0.5) is 11.4 Å². The zero-order valence-corrected chi connectivity index (χ0v) is 28.7. The summed E-state index contributed by atoms with van der Waals surface area (Å²) in [5.74, 6) is 0.681. The van der Waals surface area contributed by atoms with E-state index in [1.54, 1.807) is 4.90 Å². The third-order valence-electron chi connectivity index (χ3n) is 7.08. The van der Waals surface area contributed by atoms with Crippen molar-refractivity contribution in [3.8, 4) is 5.75 Å². The van der Waals surface area contributed by atoms with Gasteiger partial charge in [0.1, 0.15) is 12.4 Å². The fourth-order valence-corrected chi connectivity index (χ4v) is 6.68. The van der Waals surface area contributed by atoms with Crippen LogP contribution in [0.25, 0.3) is 6.08 Å². The summed E-state index contributed by atoms with van der Waals surface area (Å²) in [6.07, 6.45) is 6.33. The van der Waals surface area contributed by atoms with Gasteiger partial charge in [-0.3, -0.25) is 9.69 Å². The average Bonchev–Trinajstić information content (AvgIpc) is 3.31. The number of aryl methyl sites for hydroxylation is 2. The number of nitrogens with zero attached hydrogens (tertiary/aromatic N) is 2. The van der Waals surface area contributed by atoms with Crippen molar-refractivity contribution in [2.24, 2.45) is 4.99 Å². The molecule has 1 heterocycles. The van der Waals surface area contributed by atoms with Crippen molar-refractivity contribution in [2.75, 3.05) is 4.90 Å². The average molecular weight is 764 g/mol. The van der Waals surface area contributed by atoms with Gasteiger partial charge in [0, 0.05) is 3.57 Å². The molecule has 0 aliphatic carbocycles. The van der Waals surface area contributed by atoms with Gasteiger partial charge < -0.3 is 4.74 Å². The number of aliphatic imine (C=N–C) groups is 1. The fraction of sp³-hybridized carbons (Fsp3) is 0.167. The van der Waals surface area contributed by atoms with Crippen LogP contribution in [0, 0.1) is 3.57 Å². The number of anilines is 1. The van der Waals surface area contributed by atoms with Crippen molar-refractivity contribution in [2.45, 2.75) is 39.7 Å². The van der Waals surface area contributed by atoms with Crippen LogP contribution >= 0.6 is 50.3 Å². The van der Waals surface area contributed by atoms with E-state index < -0.39 is 0 Å². The van der Waals surface area contributed by atoms with Gasteiger partial charge in [-0.2, -0.15) is 0 Å². The predicted octanol–water partition coefficient (Wildman–Crippen LogP) is 10.3. The van der Waals surface area contributed by atoms with E-state index >= 15 is 0 Å². The van der Waals surface area contributed by atoms with E-state index in [1.807, 2.05) is 42.5 Å². The Morgan fingerprint density at radius 1 is 0.930 bits per heavy atom. The Kier molecular flexibility index (Phi) is 10.6. The molecule has 1 aliphatic rings. The minimum Gasteiger partial charge on any atom is -0.487 e. The first-order valence-corrected chi connectivity index (χ1v) is 16.9. The summed E-state index contributed by atoms with van der Waals surface area (Å²) >= 11 is 7.42. The van der Waals surface area contributed by atoms with Crippen molar-refractivity contribution in [1.82, 2.24) is 0 Å². The minimum absolute atomic E-state index is 0.0985. The fourth-order valence-electron chi connectivity index (χ4n) is 4.69. The zero-order valence-electron chi connectivity index (χ0n) is 24.1. The number of hydrogen-bond acceptors (Lipinski definition) is 4. The summed E-state index contributed by atoms with van der Waals surface area (Å²) in [6.45, 7) is 8.66. The third-order valence-corrected chi connectivity index (χ3v) is 9.36. The maximum atomic E-state index is 13.9. The largest absolute Gasteiger partial charge is 0.487 e. The van der Waals surface area contributed by atoms with Crippen molar-refractivity contribution in [3.63, 3.8) is 0 Å². The van der Waals surface area contributed by atoms with Crippen LogP contribution in [0.3, 0.4) is 0 Å². The Balaban J connectivity index is 1.48. The lowest BCUT2D eigenvalue weighted by molar-refractivity contribution is -0.113. The van der Waals surface area contributed by atoms with Crippen LogP contribution in [0.5, 0.6) is 5.75 Å². The molecular weight excluding hydrogens is 731 g/mol. The molecule has 4 aromatic rings. The number of hydrogen-bond donors (Lipinski definition) is 0. The molecule has 5 rings (SSSR count). The Morgan fingerprint density at radius 3 is 2.19 bits per heavy atom. The molecule has 0 saturated carbocycles. The minimum atomic E-state index is -0.0985. The number of rotatable bonds is 10. The first-order valence-electron chi connectivity index (χ1n) is 14.2. The van der Waals surface area contributed by atoms with Gasteiger partial charge in [-0.15, -0.1) is 6.58 Å². The van der Waals surface area contributed by atoms with Crippen LogP contribution < -0.4 is 9.64 Å². The Labute approximate surface area is 280 Å². The monoisotopic (exact) mass is 762 g/mol. The Morgan fingerprint density at radius 2 is 1.56 bits per heavy atom. The molecule has 0 spiro atoms. The lowest BCUT2D eigenvalue weighted by atomic mass is 10.1. The van der Waals surface area contributed by atoms with Crippen LogP contribution in [0.15, 0.2) is 112 Å². The zero-order chi connectivity index (χ0) is 30.3. The second-order valence-electron chi connectivity index (χ2n) is 10.1. The van der Waals surface area contributed by atoms with Crippen LogP contribution in [0.2, 0.25) is 0 Å². The lowest BCUT2D eigenvalue weighted by Crippen LogP contribution is -2.28. The van der Waals surface area contributed by atoms with Gasteiger partial charge in [-0.1, -0.05) is 56.3 Å². The topological polar surface area (TPSA) is 41.9 Å². The molecule has 43 heavy (non-hydrogen) atoms. The quantitative estimate of drug-likeness (QED) is 0.0918. The molecule has 0 N–H and O–H groups in total. The molecule has 0 aromatic heterocycles. The van der Waals surface area contributed by atoms with E-state index in [2.05, 4.69) is 114 Å². The van der Waals surface area contributed by atoms with Crippen LogP contribution in [0.1, 0.15) is 41.7 Å². The molecule has 0 bridgehead atoms. The lowest BCUT2D eigenvalue weighted by Gasteiger charge is -2.16. The number of allylic oxidation sites excluding steroid dienone is 1. The molecule has 1 saturated heterocycles. The van der Waals surface area contributed by atoms with Gasteiger partial charge >= 0.3 is 0 Å². The molecule has 7 heteroatoms. The van der Waals surface area contributed by atoms with Crippen molar-refractivity contribution in [3.05, 3.63) is 138 Å². The van der Waals surface area contributed by atoms with E-state index in [0.29, 0.717) is 23.1 Å². The highest BCUT2D eigenvalue weighted by Gasteiger charge is 2.35. The van der Waals surface area contributed by atoms with E-state index in [1.165, 1.54) is 26.5 Å². The third kappa shape index (κ3) is 7.69. The van der Waals surface area contributed by atoms with Gasteiger partial charge in [0.05, 0.1) is 20.8 Å². The van der Waals surface area contributed by atoms with Gasteiger partial charge in [0.15, 0.2) is 5.17 Å². The second kappa shape index (κ2) is 14.6. The highest BCUT2D eigenvalue weighted by Crippen LogP contribution is 2.39. The highest BCUT2D eigenvalue weighted by molar-refractivity contribution is 14.1. The van der Waals surface area contributed by atoms with Gasteiger partial charge in [0.2, 0.25) is 0 Å². The summed E-state index contributed by atoms with van der Waals surface area (Å²) in [5, 5.41) is 0.632.